The van der Waals surface area contributed by atoms with Crippen molar-refractivity contribution in [1.82, 2.24) is 9.78 Å². The molecule has 0 aliphatic carbocycles. The first-order valence-electron chi connectivity index (χ1n) is 7.90. The van der Waals surface area contributed by atoms with Crippen molar-refractivity contribution >= 4 is 23.2 Å². The highest BCUT2D eigenvalue weighted by Gasteiger charge is 2.16. The Morgan fingerprint density at radius 2 is 1.88 bits per heavy atom. The number of nitrogens with zero attached hydrogens (tertiary/aromatic N) is 2. The van der Waals surface area contributed by atoms with Crippen LogP contribution in [0.4, 0.5) is 14.5 Å². The van der Waals surface area contributed by atoms with E-state index in [-0.39, 0.29) is 5.56 Å². The van der Waals surface area contributed by atoms with Gasteiger partial charge in [-0.3, -0.25) is 9.48 Å². The van der Waals surface area contributed by atoms with E-state index in [1.807, 2.05) is 0 Å². The molecule has 1 N–H and O–H groups in total. The molecule has 7 heteroatoms. The second kappa shape index (κ2) is 7.25. The second-order valence-electron chi connectivity index (χ2n) is 5.90. The maximum atomic E-state index is 13.3. The van der Waals surface area contributed by atoms with Gasteiger partial charge in [0.25, 0.3) is 5.91 Å². The van der Waals surface area contributed by atoms with E-state index in [0.29, 0.717) is 34.2 Å². The van der Waals surface area contributed by atoms with Gasteiger partial charge < -0.3 is 5.32 Å². The standard InChI is InChI=1S/C19H16ClF2N3O/c1-11-18(23-19(26)13-4-3-5-15(21)8-13)12(2)25(24-11)10-14-6-7-16(22)9-17(14)20/h3-9H,10H2,1-2H3,(H,23,26). The summed E-state index contributed by atoms with van der Waals surface area (Å²) >= 11 is 6.07. The van der Waals surface area contributed by atoms with Crippen molar-refractivity contribution in [2.75, 3.05) is 5.32 Å². The fourth-order valence-electron chi connectivity index (χ4n) is 2.66. The fourth-order valence-corrected chi connectivity index (χ4v) is 2.89. The maximum Gasteiger partial charge on any atom is 0.255 e. The second-order valence-corrected chi connectivity index (χ2v) is 6.31. The van der Waals surface area contributed by atoms with Crippen molar-refractivity contribution in [2.24, 2.45) is 0 Å². The van der Waals surface area contributed by atoms with E-state index in [0.717, 1.165) is 0 Å². The molecule has 0 bridgehead atoms. The predicted octanol–water partition coefficient (Wildman–Crippen LogP) is 4.73. The van der Waals surface area contributed by atoms with Crippen LogP contribution < -0.4 is 5.32 Å². The molecule has 0 unspecified atom stereocenters. The first-order chi connectivity index (χ1) is 12.3. The normalized spacial score (nSPS) is 10.8. The van der Waals surface area contributed by atoms with Crippen LogP contribution in [0.2, 0.25) is 5.02 Å². The number of aryl methyl sites for hydroxylation is 1. The van der Waals surface area contributed by atoms with Gasteiger partial charge in [0.05, 0.1) is 23.6 Å². The number of rotatable bonds is 4. The van der Waals surface area contributed by atoms with Gasteiger partial charge >= 0.3 is 0 Å². The molecule has 3 rings (SSSR count). The maximum absolute atomic E-state index is 13.3. The summed E-state index contributed by atoms with van der Waals surface area (Å²) in [7, 11) is 0. The van der Waals surface area contributed by atoms with Crippen molar-refractivity contribution in [3.8, 4) is 0 Å². The topological polar surface area (TPSA) is 46.9 Å². The highest BCUT2D eigenvalue weighted by Crippen LogP contribution is 2.24. The SMILES string of the molecule is Cc1nn(Cc2ccc(F)cc2Cl)c(C)c1NC(=O)c1cccc(F)c1. The molecule has 4 nitrogen and oxygen atoms in total. The zero-order valence-corrected chi connectivity index (χ0v) is 14.9. The van der Waals surface area contributed by atoms with Gasteiger partial charge in [-0.25, -0.2) is 8.78 Å². The number of amides is 1. The van der Waals surface area contributed by atoms with Crippen LogP contribution in [0.5, 0.6) is 0 Å². The fraction of sp³-hybridized carbons (Fsp3) is 0.158. The Morgan fingerprint density at radius 3 is 2.58 bits per heavy atom. The Balaban J connectivity index is 1.85. The molecule has 0 aliphatic heterocycles. The van der Waals surface area contributed by atoms with Gasteiger partial charge in [-0.2, -0.15) is 5.10 Å². The van der Waals surface area contributed by atoms with Gasteiger partial charge in [-0.15, -0.1) is 0 Å². The molecule has 0 aliphatic rings. The number of halogens is 3. The lowest BCUT2D eigenvalue weighted by molar-refractivity contribution is 0.102. The lowest BCUT2D eigenvalue weighted by Crippen LogP contribution is -2.13. The molecule has 2 aromatic carbocycles. The summed E-state index contributed by atoms with van der Waals surface area (Å²) in [5.41, 5.74) is 2.82. The Bertz CT molecular complexity index is 985. The minimum absolute atomic E-state index is 0.220. The van der Waals surface area contributed by atoms with Crippen LogP contribution in [0.25, 0.3) is 0 Å². The van der Waals surface area contributed by atoms with Crippen LogP contribution in [0.3, 0.4) is 0 Å². The quantitative estimate of drug-likeness (QED) is 0.716. The number of hydrogen-bond acceptors (Lipinski definition) is 2. The molecular formula is C19H16ClF2N3O. The van der Waals surface area contributed by atoms with Crippen LogP contribution in [0.1, 0.15) is 27.3 Å². The van der Waals surface area contributed by atoms with Crippen LogP contribution in [0, 0.1) is 25.5 Å². The molecule has 3 aromatic rings. The van der Waals surface area contributed by atoms with Crippen molar-refractivity contribution < 1.29 is 13.6 Å². The third-order valence-electron chi connectivity index (χ3n) is 4.04. The summed E-state index contributed by atoms with van der Waals surface area (Å²) in [6.07, 6.45) is 0. The largest absolute Gasteiger partial charge is 0.319 e. The number of carbonyl (C=O) groups excluding carboxylic acids is 1. The number of benzene rings is 2. The Morgan fingerprint density at radius 1 is 1.15 bits per heavy atom. The average molecular weight is 376 g/mol. The molecule has 0 radical (unpaired) electrons. The highest BCUT2D eigenvalue weighted by atomic mass is 35.5. The van der Waals surface area contributed by atoms with E-state index in [1.165, 1.54) is 36.4 Å². The van der Waals surface area contributed by atoms with E-state index < -0.39 is 17.5 Å². The monoisotopic (exact) mass is 375 g/mol. The Labute approximate surface area is 154 Å². The van der Waals surface area contributed by atoms with Crippen molar-refractivity contribution in [3.63, 3.8) is 0 Å². The first-order valence-corrected chi connectivity index (χ1v) is 8.28. The molecule has 0 atom stereocenters. The Hall–Kier alpha value is -2.73. The Kier molecular flexibility index (Phi) is 5.04. The number of aromatic nitrogens is 2. The van der Waals surface area contributed by atoms with E-state index in [2.05, 4.69) is 10.4 Å². The van der Waals surface area contributed by atoms with Crippen LogP contribution in [-0.4, -0.2) is 15.7 Å². The summed E-state index contributed by atoms with van der Waals surface area (Å²) in [6.45, 7) is 3.90. The minimum atomic E-state index is -0.479. The minimum Gasteiger partial charge on any atom is -0.319 e. The number of anilines is 1. The number of nitrogens with one attached hydrogen (secondary N) is 1. The zero-order chi connectivity index (χ0) is 18.8. The van der Waals surface area contributed by atoms with E-state index in [1.54, 1.807) is 24.6 Å². The molecule has 0 saturated carbocycles. The molecular weight excluding hydrogens is 360 g/mol. The molecule has 1 amide bonds. The van der Waals surface area contributed by atoms with Gasteiger partial charge in [0.1, 0.15) is 11.6 Å². The van der Waals surface area contributed by atoms with Crippen molar-refractivity contribution in [3.05, 3.63) is 81.6 Å². The summed E-state index contributed by atoms with van der Waals surface area (Å²) in [5.74, 6) is -1.31. The van der Waals surface area contributed by atoms with E-state index >= 15 is 0 Å². The molecule has 1 heterocycles. The van der Waals surface area contributed by atoms with Crippen LogP contribution >= 0.6 is 11.6 Å². The van der Waals surface area contributed by atoms with Crippen LogP contribution in [0.15, 0.2) is 42.5 Å². The van der Waals surface area contributed by atoms with Crippen molar-refractivity contribution in [2.45, 2.75) is 20.4 Å². The van der Waals surface area contributed by atoms with E-state index in [4.69, 9.17) is 11.6 Å². The predicted molar refractivity (Wildman–Crippen MR) is 96.6 cm³/mol. The smallest absolute Gasteiger partial charge is 0.255 e. The highest BCUT2D eigenvalue weighted by molar-refractivity contribution is 6.31. The van der Waals surface area contributed by atoms with Crippen molar-refractivity contribution in [1.29, 1.82) is 0 Å². The lowest BCUT2D eigenvalue weighted by Gasteiger charge is -2.09. The summed E-state index contributed by atoms with van der Waals surface area (Å²) < 4.78 is 28.2. The third kappa shape index (κ3) is 3.75. The van der Waals surface area contributed by atoms with Crippen LogP contribution in [-0.2, 0) is 6.54 Å². The van der Waals surface area contributed by atoms with Gasteiger partial charge in [0, 0.05) is 10.6 Å². The first kappa shape index (κ1) is 18.1. The number of carbonyl (C=O) groups is 1. The van der Waals surface area contributed by atoms with Gasteiger partial charge in [-0.1, -0.05) is 23.7 Å². The molecule has 1 aromatic heterocycles. The molecule has 26 heavy (non-hydrogen) atoms. The lowest BCUT2D eigenvalue weighted by atomic mass is 10.2. The van der Waals surface area contributed by atoms with E-state index in [9.17, 15) is 13.6 Å². The average Bonchev–Trinajstić information content (AvgIpc) is 2.85. The van der Waals surface area contributed by atoms with Gasteiger partial charge in [-0.05, 0) is 49.7 Å². The summed E-state index contributed by atoms with van der Waals surface area (Å²) in [4.78, 5) is 12.4. The molecule has 0 saturated heterocycles. The third-order valence-corrected chi connectivity index (χ3v) is 4.39. The molecule has 0 spiro atoms. The number of hydrogen-bond donors (Lipinski definition) is 1. The molecule has 134 valence electrons. The summed E-state index contributed by atoms with van der Waals surface area (Å²) in [6, 6.07) is 9.63. The van der Waals surface area contributed by atoms with Gasteiger partial charge in [0.2, 0.25) is 0 Å². The van der Waals surface area contributed by atoms with Gasteiger partial charge in [0.15, 0.2) is 0 Å². The zero-order valence-electron chi connectivity index (χ0n) is 14.2. The summed E-state index contributed by atoms with van der Waals surface area (Å²) in [5, 5.41) is 7.49. The molecule has 0 fully saturated rings.